The summed E-state index contributed by atoms with van der Waals surface area (Å²) in [6, 6.07) is 0. The van der Waals surface area contributed by atoms with Crippen LogP contribution in [0.1, 0.15) is 19.8 Å². The van der Waals surface area contributed by atoms with Crippen molar-refractivity contribution in [1.29, 1.82) is 0 Å². The molecule has 0 bridgehead atoms. The molecule has 0 saturated heterocycles. The van der Waals surface area contributed by atoms with Gasteiger partial charge in [0, 0.05) is 13.1 Å². The van der Waals surface area contributed by atoms with E-state index >= 15 is 0 Å². The van der Waals surface area contributed by atoms with Gasteiger partial charge in [0.05, 0.1) is 12.4 Å². The Labute approximate surface area is 90.6 Å². The van der Waals surface area contributed by atoms with Gasteiger partial charge in [0.15, 0.2) is 5.75 Å². The third-order valence-electron chi connectivity index (χ3n) is 2.61. The molecule has 2 rings (SSSR count). The quantitative estimate of drug-likeness (QED) is 0.688. The molecule has 1 saturated carbocycles. The van der Waals surface area contributed by atoms with E-state index in [1.807, 2.05) is 10.9 Å². The van der Waals surface area contributed by atoms with Crippen LogP contribution in [0.25, 0.3) is 0 Å². The number of rotatable bonds is 7. The highest BCUT2D eigenvalue weighted by Crippen LogP contribution is 2.27. The minimum Gasteiger partial charge on any atom is -0.489 e. The molecule has 0 radical (unpaired) electrons. The lowest BCUT2D eigenvalue weighted by molar-refractivity contribution is 0.313. The molecule has 0 amide bonds. The molecule has 15 heavy (non-hydrogen) atoms. The van der Waals surface area contributed by atoms with Crippen molar-refractivity contribution < 1.29 is 4.74 Å². The van der Waals surface area contributed by atoms with Crippen LogP contribution >= 0.6 is 0 Å². The average Bonchev–Trinajstić information content (AvgIpc) is 2.96. The molecular weight excluding hydrogens is 190 g/mol. The highest BCUT2D eigenvalue weighted by molar-refractivity contribution is 5.11. The number of hydrogen-bond donors (Lipinski definition) is 1. The first kappa shape index (κ1) is 10.5. The lowest BCUT2D eigenvalue weighted by Gasteiger charge is -2.04. The van der Waals surface area contributed by atoms with Crippen LogP contribution in [-0.4, -0.2) is 29.5 Å². The summed E-state index contributed by atoms with van der Waals surface area (Å²) in [6.45, 7) is 5.75. The monoisotopic (exact) mass is 209 g/mol. The maximum absolute atomic E-state index is 5.54. The third kappa shape index (κ3) is 3.55. The Balaban J connectivity index is 1.56. The first-order valence-electron chi connectivity index (χ1n) is 5.74. The number of ether oxygens (including phenoxy) is 1. The predicted octanol–water partition coefficient (Wildman–Crippen LogP) is 1.28. The maximum Gasteiger partial charge on any atom is 0.157 e. The van der Waals surface area contributed by atoms with Gasteiger partial charge in [-0.25, -0.2) is 0 Å². The second-order valence-electron chi connectivity index (χ2n) is 4.03. The lowest BCUT2D eigenvalue weighted by atomic mass is 10.4. The van der Waals surface area contributed by atoms with Gasteiger partial charge < -0.3 is 10.1 Å². The standard InChI is InChI=1S/C11H19N3O/c1-2-14-9-11(8-13-14)15-6-5-12-7-10-3-4-10/h8-10,12H,2-7H2,1H3. The smallest absolute Gasteiger partial charge is 0.157 e. The Morgan fingerprint density at radius 2 is 2.47 bits per heavy atom. The topological polar surface area (TPSA) is 39.1 Å². The molecule has 0 unspecified atom stereocenters. The Hall–Kier alpha value is -1.03. The Kier molecular flexibility index (Phi) is 3.61. The van der Waals surface area contributed by atoms with Crippen LogP contribution in [0.15, 0.2) is 12.4 Å². The van der Waals surface area contributed by atoms with Crippen LogP contribution < -0.4 is 10.1 Å². The molecule has 1 aromatic heterocycles. The Morgan fingerprint density at radius 3 is 3.13 bits per heavy atom. The van der Waals surface area contributed by atoms with Crippen LogP contribution in [0.3, 0.4) is 0 Å². The molecule has 1 heterocycles. The van der Waals surface area contributed by atoms with Crippen molar-refractivity contribution in [3.63, 3.8) is 0 Å². The SMILES string of the molecule is CCn1cc(OCCNCC2CC2)cn1. The molecule has 4 heteroatoms. The van der Waals surface area contributed by atoms with E-state index in [-0.39, 0.29) is 0 Å². The third-order valence-corrected chi connectivity index (χ3v) is 2.61. The van der Waals surface area contributed by atoms with E-state index in [0.29, 0.717) is 0 Å². The Morgan fingerprint density at radius 1 is 1.60 bits per heavy atom. The summed E-state index contributed by atoms with van der Waals surface area (Å²) in [5.41, 5.74) is 0. The molecule has 0 spiro atoms. The Bertz CT molecular complexity index is 294. The highest BCUT2D eigenvalue weighted by Gasteiger charge is 2.19. The molecule has 1 aliphatic rings. The summed E-state index contributed by atoms with van der Waals surface area (Å²) in [4.78, 5) is 0. The summed E-state index contributed by atoms with van der Waals surface area (Å²) in [5.74, 6) is 1.80. The van der Waals surface area contributed by atoms with Crippen LogP contribution in [0.5, 0.6) is 5.75 Å². The molecule has 1 aromatic rings. The molecule has 1 fully saturated rings. The first-order chi connectivity index (χ1) is 7.38. The highest BCUT2D eigenvalue weighted by atomic mass is 16.5. The van der Waals surface area contributed by atoms with E-state index in [1.54, 1.807) is 6.20 Å². The van der Waals surface area contributed by atoms with Gasteiger partial charge in [0.1, 0.15) is 6.61 Å². The van der Waals surface area contributed by atoms with E-state index in [4.69, 9.17) is 4.74 Å². The number of nitrogens with one attached hydrogen (secondary N) is 1. The molecule has 0 aliphatic heterocycles. The zero-order chi connectivity index (χ0) is 10.5. The molecule has 1 N–H and O–H groups in total. The van der Waals surface area contributed by atoms with Gasteiger partial charge >= 0.3 is 0 Å². The fourth-order valence-electron chi connectivity index (χ4n) is 1.46. The summed E-state index contributed by atoms with van der Waals surface area (Å²) >= 11 is 0. The molecule has 4 nitrogen and oxygen atoms in total. The second-order valence-corrected chi connectivity index (χ2v) is 4.03. The van der Waals surface area contributed by atoms with Crippen LogP contribution in [0.2, 0.25) is 0 Å². The molecule has 1 aliphatic carbocycles. The van der Waals surface area contributed by atoms with E-state index in [9.17, 15) is 0 Å². The predicted molar refractivity (Wildman–Crippen MR) is 59.0 cm³/mol. The van der Waals surface area contributed by atoms with Gasteiger partial charge in [-0.3, -0.25) is 4.68 Å². The van der Waals surface area contributed by atoms with Gasteiger partial charge in [-0.1, -0.05) is 0 Å². The molecule has 0 atom stereocenters. The van der Waals surface area contributed by atoms with Crippen LogP contribution in [0.4, 0.5) is 0 Å². The van der Waals surface area contributed by atoms with Crippen molar-refractivity contribution in [1.82, 2.24) is 15.1 Å². The van der Waals surface area contributed by atoms with Crippen molar-refractivity contribution in [2.24, 2.45) is 5.92 Å². The largest absolute Gasteiger partial charge is 0.489 e. The van der Waals surface area contributed by atoms with Gasteiger partial charge in [-0.05, 0) is 32.2 Å². The van der Waals surface area contributed by atoms with Crippen LogP contribution in [0, 0.1) is 5.92 Å². The minimum atomic E-state index is 0.724. The first-order valence-corrected chi connectivity index (χ1v) is 5.74. The average molecular weight is 209 g/mol. The number of nitrogens with zero attached hydrogens (tertiary/aromatic N) is 2. The second kappa shape index (κ2) is 5.16. The van der Waals surface area contributed by atoms with Crippen LogP contribution in [-0.2, 0) is 6.54 Å². The summed E-state index contributed by atoms with van der Waals surface area (Å²) in [7, 11) is 0. The fourth-order valence-corrected chi connectivity index (χ4v) is 1.46. The van der Waals surface area contributed by atoms with E-state index in [1.165, 1.54) is 12.8 Å². The van der Waals surface area contributed by atoms with Gasteiger partial charge in [-0.15, -0.1) is 0 Å². The fraction of sp³-hybridized carbons (Fsp3) is 0.727. The zero-order valence-electron chi connectivity index (χ0n) is 9.28. The maximum atomic E-state index is 5.54. The lowest BCUT2D eigenvalue weighted by Crippen LogP contribution is -2.23. The number of aromatic nitrogens is 2. The normalized spacial score (nSPS) is 15.5. The minimum absolute atomic E-state index is 0.724. The molecular formula is C11H19N3O. The zero-order valence-corrected chi connectivity index (χ0v) is 9.28. The summed E-state index contributed by atoms with van der Waals surface area (Å²) in [6.07, 6.45) is 6.50. The van der Waals surface area contributed by atoms with Crippen molar-refractivity contribution in [2.45, 2.75) is 26.3 Å². The summed E-state index contributed by atoms with van der Waals surface area (Å²) in [5, 5.41) is 7.53. The van der Waals surface area contributed by atoms with Gasteiger partial charge in [0.25, 0.3) is 0 Å². The van der Waals surface area contributed by atoms with Crippen molar-refractivity contribution in [2.75, 3.05) is 19.7 Å². The van der Waals surface area contributed by atoms with E-state index < -0.39 is 0 Å². The molecule has 0 aromatic carbocycles. The van der Waals surface area contributed by atoms with Crippen molar-refractivity contribution in [3.8, 4) is 5.75 Å². The van der Waals surface area contributed by atoms with E-state index in [0.717, 1.165) is 37.9 Å². The summed E-state index contributed by atoms with van der Waals surface area (Å²) < 4.78 is 7.41. The number of hydrogen-bond acceptors (Lipinski definition) is 3. The number of aryl methyl sites for hydroxylation is 1. The van der Waals surface area contributed by atoms with Crippen molar-refractivity contribution in [3.05, 3.63) is 12.4 Å². The molecule has 84 valence electrons. The van der Waals surface area contributed by atoms with Gasteiger partial charge in [0.2, 0.25) is 0 Å². The van der Waals surface area contributed by atoms with Gasteiger partial charge in [-0.2, -0.15) is 5.10 Å². The van der Waals surface area contributed by atoms with Crippen molar-refractivity contribution >= 4 is 0 Å². The van der Waals surface area contributed by atoms with E-state index in [2.05, 4.69) is 17.3 Å².